The molecular weight excluding hydrogens is 254 g/mol. The summed E-state index contributed by atoms with van der Waals surface area (Å²) in [7, 11) is 0. The van der Waals surface area contributed by atoms with Gasteiger partial charge in [-0.3, -0.25) is 10.1 Å². The van der Waals surface area contributed by atoms with E-state index >= 15 is 0 Å². The first-order valence-corrected chi connectivity index (χ1v) is 6.08. The average molecular weight is 265 g/mol. The highest BCUT2D eigenvalue weighted by molar-refractivity contribution is 7.09. The molecule has 0 aliphatic carbocycles. The van der Waals surface area contributed by atoms with Crippen LogP contribution < -0.4 is 11.1 Å². The van der Waals surface area contributed by atoms with Crippen LogP contribution in [-0.4, -0.2) is 21.4 Å². The molecular formula is C10H11N5O2S. The van der Waals surface area contributed by atoms with Crippen LogP contribution in [0.25, 0.3) is 0 Å². The molecule has 0 aliphatic heterocycles. The van der Waals surface area contributed by atoms with Crippen molar-refractivity contribution < 1.29 is 4.92 Å². The molecule has 0 aromatic carbocycles. The van der Waals surface area contributed by atoms with Gasteiger partial charge in [0.05, 0.1) is 4.92 Å². The van der Waals surface area contributed by atoms with E-state index in [1.165, 1.54) is 4.88 Å². The van der Waals surface area contributed by atoms with Crippen LogP contribution in [0, 0.1) is 10.1 Å². The average Bonchev–Trinajstić information content (AvgIpc) is 2.82. The first kappa shape index (κ1) is 12.2. The molecule has 2 aromatic heterocycles. The Morgan fingerprint density at radius 3 is 3.06 bits per heavy atom. The van der Waals surface area contributed by atoms with Crippen molar-refractivity contribution in [3.8, 4) is 0 Å². The van der Waals surface area contributed by atoms with E-state index in [1.54, 1.807) is 11.3 Å². The zero-order chi connectivity index (χ0) is 13.0. The maximum atomic E-state index is 10.8. The molecule has 0 saturated carbocycles. The van der Waals surface area contributed by atoms with Gasteiger partial charge in [-0.2, -0.15) is 4.98 Å². The first-order valence-electron chi connectivity index (χ1n) is 5.20. The monoisotopic (exact) mass is 265 g/mol. The van der Waals surface area contributed by atoms with Crippen molar-refractivity contribution in [1.82, 2.24) is 9.97 Å². The molecule has 0 fully saturated rings. The molecule has 8 heteroatoms. The third-order valence-corrected chi connectivity index (χ3v) is 3.16. The highest BCUT2D eigenvalue weighted by Gasteiger charge is 2.15. The lowest BCUT2D eigenvalue weighted by Gasteiger charge is -2.05. The Balaban J connectivity index is 2.03. The second-order valence-corrected chi connectivity index (χ2v) is 4.51. The van der Waals surface area contributed by atoms with Crippen molar-refractivity contribution in [3.63, 3.8) is 0 Å². The van der Waals surface area contributed by atoms with Gasteiger partial charge in [0.2, 0.25) is 11.8 Å². The van der Waals surface area contributed by atoms with Crippen molar-refractivity contribution >= 4 is 28.8 Å². The Hall–Kier alpha value is -2.22. The summed E-state index contributed by atoms with van der Waals surface area (Å²) >= 11 is 1.64. The maximum absolute atomic E-state index is 10.8. The molecule has 0 radical (unpaired) electrons. The van der Waals surface area contributed by atoms with Crippen molar-refractivity contribution in [2.24, 2.45) is 0 Å². The van der Waals surface area contributed by atoms with Gasteiger partial charge in [0.25, 0.3) is 0 Å². The predicted molar refractivity (Wildman–Crippen MR) is 69.6 cm³/mol. The fourth-order valence-electron chi connectivity index (χ4n) is 1.41. The van der Waals surface area contributed by atoms with Gasteiger partial charge in [0.1, 0.15) is 6.20 Å². The minimum Gasteiger partial charge on any atom is -0.368 e. The number of nitrogens with zero attached hydrogens (tertiary/aromatic N) is 3. The Labute approximate surface area is 107 Å². The van der Waals surface area contributed by atoms with E-state index in [-0.39, 0.29) is 17.5 Å². The number of nitrogens with one attached hydrogen (secondary N) is 1. The van der Waals surface area contributed by atoms with Crippen molar-refractivity contribution in [1.29, 1.82) is 0 Å². The number of nitro groups is 1. The van der Waals surface area contributed by atoms with Crippen LogP contribution in [0.2, 0.25) is 0 Å². The van der Waals surface area contributed by atoms with Crippen LogP contribution in [0.5, 0.6) is 0 Å². The molecule has 0 bridgehead atoms. The van der Waals surface area contributed by atoms with E-state index in [0.29, 0.717) is 6.54 Å². The summed E-state index contributed by atoms with van der Waals surface area (Å²) in [6.07, 6.45) is 1.88. The lowest BCUT2D eigenvalue weighted by Crippen LogP contribution is -2.10. The molecule has 0 aliphatic rings. The summed E-state index contributed by atoms with van der Waals surface area (Å²) in [5.41, 5.74) is 5.24. The van der Waals surface area contributed by atoms with E-state index in [2.05, 4.69) is 15.3 Å². The summed E-state index contributed by atoms with van der Waals surface area (Å²) in [5.74, 6) is 0.170. The standard InChI is InChI=1S/C10H11N5O2S/c11-10-13-6-8(15(16)17)9(14-10)12-4-3-7-2-1-5-18-7/h1-2,5-6H,3-4H2,(H3,11,12,13,14). The first-order chi connectivity index (χ1) is 8.66. The van der Waals surface area contributed by atoms with Gasteiger partial charge in [-0.25, -0.2) is 4.98 Å². The number of hydrogen-bond donors (Lipinski definition) is 2. The molecule has 7 nitrogen and oxygen atoms in total. The number of aromatic nitrogens is 2. The SMILES string of the molecule is Nc1ncc([N+](=O)[O-])c(NCCc2cccs2)n1. The van der Waals surface area contributed by atoms with Gasteiger partial charge in [-0.05, 0) is 17.9 Å². The van der Waals surface area contributed by atoms with Gasteiger partial charge < -0.3 is 11.1 Å². The number of hydrogen-bond acceptors (Lipinski definition) is 7. The van der Waals surface area contributed by atoms with E-state index in [9.17, 15) is 10.1 Å². The number of nitrogens with two attached hydrogens (primary N) is 1. The van der Waals surface area contributed by atoms with Crippen molar-refractivity contribution in [2.75, 3.05) is 17.6 Å². The normalized spacial score (nSPS) is 10.2. The quantitative estimate of drug-likeness (QED) is 0.629. The molecule has 2 rings (SSSR count). The fraction of sp³-hybridized carbons (Fsp3) is 0.200. The topological polar surface area (TPSA) is 107 Å². The molecule has 0 spiro atoms. The molecule has 3 N–H and O–H groups in total. The molecule has 2 aromatic rings. The molecule has 2 heterocycles. The van der Waals surface area contributed by atoms with E-state index in [1.807, 2.05) is 17.5 Å². The summed E-state index contributed by atoms with van der Waals surface area (Å²) in [6.45, 7) is 0.553. The van der Waals surface area contributed by atoms with E-state index < -0.39 is 4.92 Å². The van der Waals surface area contributed by atoms with Crippen LogP contribution in [0.3, 0.4) is 0 Å². The third-order valence-electron chi connectivity index (χ3n) is 2.23. The van der Waals surface area contributed by atoms with Crippen LogP contribution in [-0.2, 0) is 6.42 Å². The lowest BCUT2D eigenvalue weighted by atomic mass is 10.3. The van der Waals surface area contributed by atoms with Crippen LogP contribution in [0.4, 0.5) is 17.5 Å². The molecule has 0 atom stereocenters. The molecule has 94 valence electrons. The molecule has 0 unspecified atom stereocenters. The summed E-state index contributed by atoms with van der Waals surface area (Å²) in [5, 5.41) is 15.7. The second kappa shape index (κ2) is 5.41. The number of rotatable bonds is 5. The Morgan fingerprint density at radius 1 is 1.56 bits per heavy atom. The van der Waals surface area contributed by atoms with Gasteiger partial charge in [-0.1, -0.05) is 6.07 Å². The van der Waals surface area contributed by atoms with Crippen LogP contribution in [0.15, 0.2) is 23.7 Å². The molecule has 18 heavy (non-hydrogen) atoms. The lowest BCUT2D eigenvalue weighted by molar-refractivity contribution is -0.384. The van der Waals surface area contributed by atoms with Crippen LogP contribution >= 0.6 is 11.3 Å². The smallest absolute Gasteiger partial charge is 0.329 e. The van der Waals surface area contributed by atoms with E-state index in [4.69, 9.17) is 5.73 Å². The van der Waals surface area contributed by atoms with E-state index in [0.717, 1.165) is 12.6 Å². The number of thiophene rings is 1. The summed E-state index contributed by atoms with van der Waals surface area (Å²) in [6, 6.07) is 3.97. The summed E-state index contributed by atoms with van der Waals surface area (Å²) < 4.78 is 0. The number of anilines is 2. The van der Waals surface area contributed by atoms with Crippen molar-refractivity contribution in [3.05, 3.63) is 38.7 Å². The maximum Gasteiger partial charge on any atom is 0.329 e. The van der Waals surface area contributed by atoms with Gasteiger partial charge in [0.15, 0.2) is 0 Å². The van der Waals surface area contributed by atoms with Gasteiger partial charge >= 0.3 is 5.69 Å². The van der Waals surface area contributed by atoms with Crippen LogP contribution in [0.1, 0.15) is 4.88 Å². The van der Waals surface area contributed by atoms with Gasteiger partial charge in [-0.15, -0.1) is 11.3 Å². The zero-order valence-electron chi connectivity index (χ0n) is 9.37. The van der Waals surface area contributed by atoms with Crippen molar-refractivity contribution in [2.45, 2.75) is 6.42 Å². The molecule has 0 amide bonds. The minimum absolute atomic E-state index is 0.0132. The third kappa shape index (κ3) is 2.92. The Morgan fingerprint density at radius 2 is 2.39 bits per heavy atom. The molecule has 0 saturated heterocycles. The highest BCUT2D eigenvalue weighted by Crippen LogP contribution is 2.21. The fourth-order valence-corrected chi connectivity index (χ4v) is 2.12. The van der Waals surface area contributed by atoms with Gasteiger partial charge in [0, 0.05) is 11.4 Å². The largest absolute Gasteiger partial charge is 0.368 e. The second-order valence-electron chi connectivity index (χ2n) is 3.48. The highest BCUT2D eigenvalue weighted by atomic mass is 32.1. The Bertz CT molecular complexity index is 543. The predicted octanol–water partition coefficient (Wildman–Crippen LogP) is 1.68. The number of nitrogen functional groups attached to an aromatic ring is 1. The summed E-state index contributed by atoms with van der Waals surface area (Å²) in [4.78, 5) is 18.9. The zero-order valence-corrected chi connectivity index (χ0v) is 10.2. The minimum atomic E-state index is -0.535. The Kier molecular flexibility index (Phi) is 3.68.